The van der Waals surface area contributed by atoms with Crippen molar-refractivity contribution in [2.24, 2.45) is 0 Å². The van der Waals surface area contributed by atoms with Crippen molar-refractivity contribution in [1.82, 2.24) is 10.2 Å². The highest BCUT2D eigenvalue weighted by Crippen LogP contribution is 2.16. The summed E-state index contributed by atoms with van der Waals surface area (Å²) in [7, 11) is 2.27. The van der Waals surface area contributed by atoms with Gasteiger partial charge in [0.15, 0.2) is 6.67 Å². The fraction of sp³-hybridized carbons (Fsp3) is 0.920. The molecule has 1 fully saturated rings. The van der Waals surface area contributed by atoms with Crippen molar-refractivity contribution in [3.8, 4) is 0 Å². The van der Waals surface area contributed by atoms with Crippen LogP contribution < -0.4 is 5.32 Å². The number of hydrogen-bond donors (Lipinski definition) is 1. The molecule has 1 N–H and O–H groups in total. The lowest BCUT2D eigenvalue weighted by Gasteiger charge is -2.37. The molecule has 0 bridgehead atoms. The average molecular weight is 425 g/mol. The topological polar surface area (TPSA) is 49.4 Å². The van der Waals surface area contributed by atoms with Crippen LogP contribution in [0.15, 0.2) is 0 Å². The van der Waals surface area contributed by atoms with Crippen molar-refractivity contribution in [1.29, 1.82) is 0 Å². The van der Waals surface area contributed by atoms with E-state index in [2.05, 4.69) is 26.2 Å². The van der Waals surface area contributed by atoms with Crippen LogP contribution in [0.25, 0.3) is 0 Å². The molecule has 1 rings (SSSR count). The molecule has 0 aliphatic carbocycles. The maximum Gasteiger partial charge on any atom is 0.226 e. The number of rotatable bonds is 19. The molecule has 0 aromatic carbocycles. The number of carbonyl (C=O) groups excluding carboxylic acids is 2. The molecule has 1 heterocycles. The molecule has 0 saturated carbocycles. The van der Waals surface area contributed by atoms with Crippen LogP contribution in [0.1, 0.15) is 110 Å². The first-order chi connectivity index (χ1) is 14.5. The maximum absolute atomic E-state index is 12.1. The summed E-state index contributed by atoms with van der Waals surface area (Å²) in [5.74, 6) is 0.514. The molecule has 1 atom stereocenters. The highest BCUT2D eigenvalue weighted by atomic mass is 16.2. The van der Waals surface area contributed by atoms with Crippen molar-refractivity contribution in [2.75, 3.05) is 39.9 Å². The van der Waals surface area contributed by atoms with Gasteiger partial charge in [-0.05, 0) is 19.3 Å². The Hall–Kier alpha value is -1.10. The Morgan fingerprint density at radius 2 is 1.50 bits per heavy atom. The zero-order valence-electron chi connectivity index (χ0n) is 20.4. The zero-order valence-corrected chi connectivity index (χ0v) is 20.4. The zero-order chi connectivity index (χ0) is 22.1. The third-order valence-electron chi connectivity index (χ3n) is 6.44. The minimum atomic E-state index is 0.204. The van der Waals surface area contributed by atoms with Gasteiger partial charge in [0.25, 0.3) is 0 Å². The summed E-state index contributed by atoms with van der Waals surface area (Å²) in [6, 6.07) is 0. The Bertz CT molecular complexity index is 469. The summed E-state index contributed by atoms with van der Waals surface area (Å²) in [4.78, 5) is 26.2. The highest BCUT2D eigenvalue weighted by molar-refractivity contribution is 5.77. The molecular formula is C25H50N3O2+. The first-order valence-corrected chi connectivity index (χ1v) is 12.9. The van der Waals surface area contributed by atoms with Crippen LogP contribution in [0.4, 0.5) is 0 Å². The molecule has 5 nitrogen and oxygen atoms in total. The second-order valence-electron chi connectivity index (χ2n) is 9.60. The van der Waals surface area contributed by atoms with Crippen molar-refractivity contribution < 1.29 is 14.1 Å². The number of unbranched alkanes of at least 4 members (excludes halogenated alkanes) is 9. The predicted octanol–water partition coefficient (Wildman–Crippen LogP) is 5.24. The fourth-order valence-electron chi connectivity index (χ4n) is 4.43. The molecule has 1 saturated heterocycles. The number of amides is 2. The minimum absolute atomic E-state index is 0.204. The Morgan fingerprint density at radius 1 is 0.900 bits per heavy atom. The van der Waals surface area contributed by atoms with E-state index in [1.807, 2.05) is 4.90 Å². The third kappa shape index (κ3) is 12.6. The van der Waals surface area contributed by atoms with Gasteiger partial charge >= 0.3 is 0 Å². The van der Waals surface area contributed by atoms with E-state index < -0.39 is 0 Å². The van der Waals surface area contributed by atoms with Crippen LogP contribution in [0.3, 0.4) is 0 Å². The Labute approximate surface area is 186 Å². The van der Waals surface area contributed by atoms with E-state index in [4.69, 9.17) is 0 Å². The van der Waals surface area contributed by atoms with Crippen molar-refractivity contribution in [3.63, 3.8) is 0 Å². The molecule has 1 aliphatic heterocycles. The number of nitrogens with zero attached hydrogens (tertiary/aromatic N) is 2. The summed E-state index contributed by atoms with van der Waals surface area (Å²) in [5, 5.41) is 3.11. The van der Waals surface area contributed by atoms with Gasteiger partial charge in [-0.1, -0.05) is 71.6 Å². The van der Waals surface area contributed by atoms with Crippen LogP contribution in [0.2, 0.25) is 0 Å². The van der Waals surface area contributed by atoms with Gasteiger partial charge in [0.1, 0.15) is 0 Å². The van der Waals surface area contributed by atoms with Gasteiger partial charge in [-0.3, -0.25) is 14.5 Å². The predicted molar refractivity (Wildman–Crippen MR) is 126 cm³/mol. The number of hydrogen-bond acceptors (Lipinski definition) is 2. The van der Waals surface area contributed by atoms with Crippen LogP contribution in [0, 0.1) is 0 Å². The van der Waals surface area contributed by atoms with Gasteiger partial charge in [0.2, 0.25) is 11.8 Å². The average Bonchev–Trinajstić information content (AvgIpc) is 3.12. The molecule has 5 heteroatoms. The number of carbonyl (C=O) groups is 2. The summed E-state index contributed by atoms with van der Waals surface area (Å²) in [6.07, 6.45) is 17.3. The van der Waals surface area contributed by atoms with Crippen LogP contribution in [0.5, 0.6) is 0 Å². The van der Waals surface area contributed by atoms with Gasteiger partial charge in [0, 0.05) is 32.4 Å². The van der Waals surface area contributed by atoms with E-state index in [-0.39, 0.29) is 5.91 Å². The normalized spacial score (nSPS) is 16.1. The molecule has 0 radical (unpaired) electrons. The number of quaternary nitrogens is 1. The number of nitrogens with one attached hydrogen (secondary N) is 1. The lowest BCUT2D eigenvalue weighted by Crippen LogP contribution is -2.53. The molecule has 30 heavy (non-hydrogen) atoms. The van der Waals surface area contributed by atoms with Crippen LogP contribution in [-0.2, 0) is 9.59 Å². The Balaban J connectivity index is 2.12. The Kier molecular flexibility index (Phi) is 14.9. The third-order valence-corrected chi connectivity index (χ3v) is 6.44. The SMILES string of the molecule is CCCCCCCCCCCC(=O)NCCC[N+](C)(CCCC)CN1CCCC1=O. The maximum atomic E-state index is 12.1. The van der Waals surface area contributed by atoms with E-state index in [0.717, 1.165) is 56.6 Å². The monoisotopic (exact) mass is 424 g/mol. The molecule has 1 aliphatic rings. The van der Waals surface area contributed by atoms with E-state index in [9.17, 15) is 9.59 Å². The van der Waals surface area contributed by atoms with Gasteiger partial charge in [-0.2, -0.15) is 0 Å². The van der Waals surface area contributed by atoms with Gasteiger partial charge in [-0.15, -0.1) is 0 Å². The molecule has 2 amide bonds. The summed E-state index contributed by atoms with van der Waals surface area (Å²) < 4.78 is 0.910. The van der Waals surface area contributed by atoms with E-state index in [0.29, 0.717) is 18.7 Å². The van der Waals surface area contributed by atoms with Crippen molar-refractivity contribution >= 4 is 11.8 Å². The smallest absolute Gasteiger partial charge is 0.226 e. The minimum Gasteiger partial charge on any atom is -0.356 e. The quantitative estimate of drug-likeness (QED) is 0.228. The molecule has 0 aromatic heterocycles. The van der Waals surface area contributed by atoms with Gasteiger partial charge in [0.05, 0.1) is 20.1 Å². The molecule has 176 valence electrons. The molecular weight excluding hydrogens is 374 g/mol. The van der Waals surface area contributed by atoms with Crippen molar-refractivity contribution in [3.05, 3.63) is 0 Å². The van der Waals surface area contributed by atoms with E-state index in [1.165, 1.54) is 64.2 Å². The molecule has 0 aromatic rings. The van der Waals surface area contributed by atoms with Gasteiger partial charge in [-0.25, -0.2) is 0 Å². The second-order valence-corrected chi connectivity index (χ2v) is 9.60. The summed E-state index contributed by atoms with van der Waals surface area (Å²) in [5.41, 5.74) is 0. The highest BCUT2D eigenvalue weighted by Gasteiger charge is 2.29. The van der Waals surface area contributed by atoms with E-state index in [1.54, 1.807) is 0 Å². The van der Waals surface area contributed by atoms with Crippen LogP contribution >= 0.6 is 0 Å². The largest absolute Gasteiger partial charge is 0.356 e. The molecule has 0 spiro atoms. The van der Waals surface area contributed by atoms with Gasteiger partial charge < -0.3 is 9.80 Å². The molecule has 1 unspecified atom stereocenters. The first kappa shape index (κ1) is 26.9. The van der Waals surface area contributed by atoms with E-state index >= 15 is 0 Å². The lowest BCUT2D eigenvalue weighted by molar-refractivity contribution is -0.918. The lowest BCUT2D eigenvalue weighted by atomic mass is 10.1. The fourth-order valence-corrected chi connectivity index (χ4v) is 4.43. The first-order valence-electron chi connectivity index (χ1n) is 12.9. The summed E-state index contributed by atoms with van der Waals surface area (Å²) in [6.45, 7) is 9.09. The Morgan fingerprint density at radius 3 is 2.10 bits per heavy atom. The standard InChI is InChI=1S/C25H49N3O2/c1-4-6-8-9-10-11-12-13-14-17-24(29)26-19-16-22-28(3,21-7-5-2)23-27-20-15-18-25(27)30/h4-23H2,1-3H3/p+1. The van der Waals surface area contributed by atoms with Crippen molar-refractivity contribution in [2.45, 2.75) is 110 Å². The summed E-state index contributed by atoms with van der Waals surface area (Å²) >= 11 is 0. The van der Waals surface area contributed by atoms with Crippen LogP contribution in [-0.4, -0.2) is 61.1 Å². The number of likely N-dealkylation sites (tertiary alicyclic amines) is 1. The second kappa shape index (κ2) is 16.6.